The molecule has 1 aliphatic rings. The monoisotopic (exact) mass is 248 g/mol. The SMILES string of the molecule is CCC1(C)C(=O)OC1(CCOC)c1ccccc1. The van der Waals surface area contributed by atoms with Crippen molar-refractivity contribution in [2.75, 3.05) is 13.7 Å². The highest BCUT2D eigenvalue weighted by molar-refractivity contribution is 5.85. The van der Waals surface area contributed by atoms with Crippen molar-refractivity contribution in [3.05, 3.63) is 35.9 Å². The van der Waals surface area contributed by atoms with Gasteiger partial charge in [-0.1, -0.05) is 37.3 Å². The van der Waals surface area contributed by atoms with E-state index in [1.54, 1.807) is 7.11 Å². The summed E-state index contributed by atoms with van der Waals surface area (Å²) in [5, 5.41) is 0. The van der Waals surface area contributed by atoms with Crippen LogP contribution >= 0.6 is 0 Å². The number of cyclic esters (lactones) is 1. The van der Waals surface area contributed by atoms with Crippen molar-refractivity contribution in [2.45, 2.75) is 32.3 Å². The molecule has 18 heavy (non-hydrogen) atoms. The molecule has 98 valence electrons. The van der Waals surface area contributed by atoms with Crippen molar-refractivity contribution in [1.29, 1.82) is 0 Å². The van der Waals surface area contributed by atoms with Gasteiger partial charge in [-0.2, -0.15) is 0 Å². The molecule has 0 spiro atoms. The summed E-state index contributed by atoms with van der Waals surface area (Å²) in [7, 11) is 1.67. The molecular weight excluding hydrogens is 228 g/mol. The Morgan fingerprint density at radius 3 is 2.44 bits per heavy atom. The van der Waals surface area contributed by atoms with Gasteiger partial charge in [0.05, 0.1) is 6.61 Å². The van der Waals surface area contributed by atoms with E-state index >= 15 is 0 Å². The summed E-state index contributed by atoms with van der Waals surface area (Å²) in [4.78, 5) is 11.9. The van der Waals surface area contributed by atoms with Crippen LogP contribution in [0.25, 0.3) is 0 Å². The number of hydrogen-bond donors (Lipinski definition) is 0. The minimum atomic E-state index is -0.532. The second-order valence-corrected chi connectivity index (χ2v) is 5.01. The molecule has 1 fully saturated rings. The molecule has 0 N–H and O–H groups in total. The van der Waals surface area contributed by atoms with Crippen molar-refractivity contribution in [1.82, 2.24) is 0 Å². The first-order chi connectivity index (χ1) is 8.60. The van der Waals surface area contributed by atoms with Crippen LogP contribution in [0.1, 0.15) is 32.3 Å². The Morgan fingerprint density at radius 1 is 1.28 bits per heavy atom. The van der Waals surface area contributed by atoms with E-state index in [1.165, 1.54) is 0 Å². The van der Waals surface area contributed by atoms with Crippen LogP contribution in [0.3, 0.4) is 0 Å². The van der Waals surface area contributed by atoms with E-state index in [0.717, 1.165) is 12.0 Å². The normalized spacial score (nSPS) is 30.7. The van der Waals surface area contributed by atoms with Crippen molar-refractivity contribution >= 4 is 5.97 Å². The molecule has 1 aromatic rings. The fraction of sp³-hybridized carbons (Fsp3) is 0.533. The van der Waals surface area contributed by atoms with E-state index in [0.29, 0.717) is 13.0 Å². The molecule has 2 atom stereocenters. The highest BCUT2D eigenvalue weighted by Gasteiger charge is 2.65. The predicted molar refractivity (Wildman–Crippen MR) is 69.1 cm³/mol. The van der Waals surface area contributed by atoms with E-state index in [2.05, 4.69) is 0 Å². The van der Waals surface area contributed by atoms with Gasteiger partial charge in [0, 0.05) is 13.5 Å². The number of carbonyl (C=O) groups is 1. The van der Waals surface area contributed by atoms with Crippen molar-refractivity contribution in [3.8, 4) is 0 Å². The summed E-state index contributed by atoms with van der Waals surface area (Å²) in [5.41, 5.74) is 0.0780. The lowest BCUT2D eigenvalue weighted by molar-refractivity contribution is -0.250. The second-order valence-electron chi connectivity index (χ2n) is 5.01. The van der Waals surface area contributed by atoms with Crippen molar-refractivity contribution in [3.63, 3.8) is 0 Å². The zero-order valence-corrected chi connectivity index (χ0v) is 11.2. The fourth-order valence-corrected chi connectivity index (χ4v) is 2.73. The summed E-state index contributed by atoms with van der Waals surface area (Å²) in [5.74, 6) is -0.107. The van der Waals surface area contributed by atoms with Gasteiger partial charge in [-0.3, -0.25) is 4.79 Å². The number of ether oxygens (including phenoxy) is 2. The summed E-state index contributed by atoms with van der Waals surface area (Å²) in [6, 6.07) is 9.97. The van der Waals surface area contributed by atoms with Crippen LogP contribution in [0, 0.1) is 5.41 Å². The molecule has 0 amide bonds. The molecule has 0 aromatic heterocycles. The van der Waals surface area contributed by atoms with Gasteiger partial charge >= 0.3 is 5.97 Å². The van der Waals surface area contributed by atoms with Gasteiger partial charge in [0.1, 0.15) is 5.41 Å². The molecule has 0 saturated carbocycles. The lowest BCUT2D eigenvalue weighted by Crippen LogP contribution is -2.63. The smallest absolute Gasteiger partial charge is 0.317 e. The molecule has 2 rings (SSSR count). The molecule has 1 aliphatic heterocycles. The summed E-state index contributed by atoms with van der Waals surface area (Å²) in [6.45, 7) is 4.60. The first-order valence-electron chi connectivity index (χ1n) is 6.38. The highest BCUT2D eigenvalue weighted by atomic mass is 16.6. The van der Waals surface area contributed by atoms with Crippen LogP contribution in [-0.4, -0.2) is 19.7 Å². The standard InChI is InChI=1S/C15H20O3/c1-4-14(2)13(16)18-15(14,10-11-17-3)12-8-6-5-7-9-12/h5-9H,4,10-11H2,1-3H3. The van der Waals surface area contributed by atoms with Gasteiger partial charge in [0.15, 0.2) is 5.60 Å². The molecule has 0 aliphatic carbocycles. The van der Waals surface area contributed by atoms with E-state index in [4.69, 9.17) is 9.47 Å². The van der Waals surface area contributed by atoms with E-state index < -0.39 is 11.0 Å². The Labute approximate surface area is 108 Å². The fourth-order valence-electron chi connectivity index (χ4n) is 2.73. The van der Waals surface area contributed by atoms with Crippen LogP contribution in [0.5, 0.6) is 0 Å². The number of rotatable bonds is 5. The third-order valence-electron chi connectivity index (χ3n) is 4.21. The third-order valence-corrected chi connectivity index (χ3v) is 4.21. The van der Waals surface area contributed by atoms with Gasteiger partial charge in [-0.15, -0.1) is 0 Å². The molecule has 0 radical (unpaired) electrons. The van der Waals surface area contributed by atoms with E-state index in [9.17, 15) is 4.79 Å². The molecule has 1 heterocycles. The molecule has 3 heteroatoms. The van der Waals surface area contributed by atoms with E-state index in [1.807, 2.05) is 44.2 Å². The lowest BCUT2D eigenvalue weighted by Gasteiger charge is -2.55. The van der Waals surface area contributed by atoms with Gasteiger partial charge in [0.25, 0.3) is 0 Å². The Kier molecular flexibility index (Phi) is 3.44. The predicted octanol–water partition coefficient (Wildman–Crippen LogP) is 2.89. The number of benzene rings is 1. The number of esters is 1. The first-order valence-corrected chi connectivity index (χ1v) is 6.38. The zero-order valence-electron chi connectivity index (χ0n) is 11.2. The number of hydrogen-bond acceptors (Lipinski definition) is 3. The van der Waals surface area contributed by atoms with Crippen LogP contribution in [-0.2, 0) is 19.9 Å². The summed E-state index contributed by atoms with van der Waals surface area (Å²) >= 11 is 0. The van der Waals surface area contributed by atoms with Crippen molar-refractivity contribution in [2.24, 2.45) is 5.41 Å². The van der Waals surface area contributed by atoms with Crippen LogP contribution in [0.15, 0.2) is 30.3 Å². The maximum Gasteiger partial charge on any atom is 0.317 e. The summed E-state index contributed by atoms with van der Waals surface area (Å²) < 4.78 is 10.8. The Bertz CT molecular complexity index is 429. The van der Waals surface area contributed by atoms with Crippen LogP contribution < -0.4 is 0 Å². The quantitative estimate of drug-likeness (QED) is 0.752. The van der Waals surface area contributed by atoms with E-state index in [-0.39, 0.29) is 5.97 Å². The molecule has 2 unspecified atom stereocenters. The largest absolute Gasteiger partial charge is 0.452 e. The van der Waals surface area contributed by atoms with Gasteiger partial charge in [0.2, 0.25) is 0 Å². The molecule has 1 aromatic carbocycles. The van der Waals surface area contributed by atoms with Gasteiger partial charge in [-0.05, 0) is 18.9 Å². The zero-order chi connectivity index (χ0) is 13.2. The maximum absolute atomic E-state index is 11.9. The minimum absolute atomic E-state index is 0.107. The average Bonchev–Trinajstić information content (AvgIpc) is 2.43. The lowest BCUT2D eigenvalue weighted by atomic mass is 9.62. The average molecular weight is 248 g/mol. The van der Waals surface area contributed by atoms with Gasteiger partial charge in [-0.25, -0.2) is 0 Å². The number of carbonyl (C=O) groups excluding carboxylic acids is 1. The third kappa shape index (κ3) is 1.65. The van der Waals surface area contributed by atoms with Crippen LogP contribution in [0.4, 0.5) is 0 Å². The van der Waals surface area contributed by atoms with Crippen molar-refractivity contribution < 1.29 is 14.3 Å². The molecular formula is C15H20O3. The molecule has 0 bridgehead atoms. The highest BCUT2D eigenvalue weighted by Crippen LogP contribution is 2.56. The minimum Gasteiger partial charge on any atom is -0.452 e. The van der Waals surface area contributed by atoms with Crippen LogP contribution in [0.2, 0.25) is 0 Å². The first kappa shape index (κ1) is 13.1. The number of methoxy groups -OCH3 is 1. The summed E-state index contributed by atoms with van der Waals surface area (Å²) in [6.07, 6.45) is 1.47. The van der Waals surface area contributed by atoms with Gasteiger partial charge < -0.3 is 9.47 Å². The second kappa shape index (κ2) is 4.73. The molecule has 3 nitrogen and oxygen atoms in total. The topological polar surface area (TPSA) is 35.5 Å². The maximum atomic E-state index is 11.9. The Balaban J connectivity index is 2.40. The Hall–Kier alpha value is -1.35. The molecule has 1 saturated heterocycles. The Morgan fingerprint density at radius 2 is 1.94 bits per heavy atom.